The van der Waals surface area contributed by atoms with Gasteiger partial charge in [-0.25, -0.2) is 0 Å². The highest BCUT2D eigenvalue weighted by Crippen LogP contribution is 2.25. The van der Waals surface area contributed by atoms with E-state index in [9.17, 15) is 0 Å². The van der Waals surface area contributed by atoms with Crippen LogP contribution in [0.4, 0.5) is 5.95 Å². The first-order valence-electron chi connectivity index (χ1n) is 4.98. The summed E-state index contributed by atoms with van der Waals surface area (Å²) in [7, 11) is 5.68. The van der Waals surface area contributed by atoms with Crippen LogP contribution in [0.25, 0.3) is 0 Å². The lowest BCUT2D eigenvalue weighted by Crippen LogP contribution is -2.31. The molecule has 1 aliphatic heterocycles. The Hall–Kier alpha value is -1.14. The van der Waals surface area contributed by atoms with Gasteiger partial charge in [0.2, 0.25) is 5.89 Å². The van der Waals surface area contributed by atoms with Crippen LogP contribution in [0.15, 0.2) is 4.52 Å². The molecule has 1 aromatic rings. The topological polar surface area (TPSA) is 63.4 Å². The first-order valence-corrected chi connectivity index (χ1v) is 4.98. The number of likely N-dealkylation sites (N-methyl/N-ethyl adjacent to an activating group) is 1. The van der Waals surface area contributed by atoms with Gasteiger partial charge in [0, 0.05) is 20.1 Å². The fourth-order valence-corrected chi connectivity index (χ4v) is 1.64. The van der Waals surface area contributed by atoms with Gasteiger partial charge < -0.3 is 19.5 Å². The van der Waals surface area contributed by atoms with E-state index in [0.717, 1.165) is 0 Å². The van der Waals surface area contributed by atoms with Gasteiger partial charge in [-0.2, -0.15) is 4.98 Å². The Morgan fingerprint density at radius 3 is 2.80 bits per heavy atom. The fraction of sp³-hybridized carbons (Fsp3) is 0.778. The molecule has 6 heteroatoms. The zero-order chi connectivity index (χ0) is 10.8. The van der Waals surface area contributed by atoms with Crippen LogP contribution in [0.3, 0.4) is 0 Å². The molecular weight excluding hydrogens is 196 g/mol. The summed E-state index contributed by atoms with van der Waals surface area (Å²) < 4.78 is 10.6. The molecule has 1 N–H and O–H groups in total. The van der Waals surface area contributed by atoms with Crippen molar-refractivity contribution in [2.45, 2.75) is 12.0 Å². The Kier molecular flexibility index (Phi) is 2.88. The normalized spacial score (nSPS) is 25.8. The zero-order valence-corrected chi connectivity index (χ0v) is 9.23. The second kappa shape index (κ2) is 4.16. The van der Waals surface area contributed by atoms with E-state index in [0.29, 0.717) is 25.1 Å². The molecule has 2 atom stereocenters. The molecule has 1 fully saturated rings. The van der Waals surface area contributed by atoms with Gasteiger partial charge in [-0.15, -0.1) is 0 Å². The maximum Gasteiger partial charge on any atom is 0.265 e. The monoisotopic (exact) mass is 212 g/mol. The number of nitrogens with zero attached hydrogens (tertiary/aromatic N) is 3. The van der Waals surface area contributed by atoms with E-state index in [1.807, 2.05) is 26.0 Å². The van der Waals surface area contributed by atoms with Crippen molar-refractivity contribution in [1.82, 2.24) is 15.5 Å². The summed E-state index contributed by atoms with van der Waals surface area (Å²) in [4.78, 5) is 6.13. The molecule has 0 aromatic carbocycles. The fourth-order valence-electron chi connectivity index (χ4n) is 1.64. The molecule has 84 valence electrons. The number of nitrogens with one attached hydrogen (secondary N) is 1. The lowest BCUT2D eigenvalue weighted by Gasteiger charge is -2.11. The summed E-state index contributed by atoms with van der Waals surface area (Å²) in [5.74, 6) is 1.42. The Bertz CT molecular complexity index is 326. The zero-order valence-electron chi connectivity index (χ0n) is 9.23. The van der Waals surface area contributed by atoms with Gasteiger partial charge in [-0.3, -0.25) is 0 Å². The molecule has 0 aliphatic carbocycles. The number of hydrogen-bond donors (Lipinski definition) is 1. The van der Waals surface area contributed by atoms with Crippen molar-refractivity contribution in [1.29, 1.82) is 0 Å². The van der Waals surface area contributed by atoms with Crippen LogP contribution in [0.5, 0.6) is 0 Å². The SMILES string of the molecule is CNC1COCC1c1nc(N(C)C)no1. The predicted molar refractivity (Wildman–Crippen MR) is 55.0 cm³/mol. The number of anilines is 1. The molecule has 0 saturated carbocycles. The first kappa shape index (κ1) is 10.4. The van der Waals surface area contributed by atoms with Crippen LogP contribution in [0, 0.1) is 0 Å². The Morgan fingerprint density at radius 1 is 1.40 bits per heavy atom. The summed E-state index contributed by atoms with van der Waals surface area (Å²) in [6, 6.07) is 0.264. The van der Waals surface area contributed by atoms with E-state index in [4.69, 9.17) is 9.26 Å². The van der Waals surface area contributed by atoms with Gasteiger partial charge in [0.25, 0.3) is 5.95 Å². The van der Waals surface area contributed by atoms with Crippen LogP contribution in [0.1, 0.15) is 11.8 Å². The molecular formula is C9H16N4O2. The highest BCUT2D eigenvalue weighted by molar-refractivity contribution is 5.24. The van der Waals surface area contributed by atoms with Gasteiger partial charge in [0.05, 0.1) is 19.1 Å². The van der Waals surface area contributed by atoms with Crippen molar-refractivity contribution in [3.8, 4) is 0 Å². The van der Waals surface area contributed by atoms with E-state index in [1.165, 1.54) is 0 Å². The van der Waals surface area contributed by atoms with Gasteiger partial charge in [-0.1, -0.05) is 0 Å². The van der Waals surface area contributed by atoms with Gasteiger partial charge >= 0.3 is 0 Å². The van der Waals surface area contributed by atoms with Crippen LogP contribution in [0.2, 0.25) is 0 Å². The molecule has 2 rings (SSSR count). The van der Waals surface area contributed by atoms with Crippen LogP contribution in [-0.2, 0) is 4.74 Å². The molecule has 0 spiro atoms. The quantitative estimate of drug-likeness (QED) is 0.751. The van der Waals surface area contributed by atoms with E-state index in [1.54, 1.807) is 0 Å². The van der Waals surface area contributed by atoms with E-state index in [-0.39, 0.29) is 12.0 Å². The second-order valence-electron chi connectivity index (χ2n) is 3.87. The van der Waals surface area contributed by atoms with Crippen molar-refractivity contribution in [2.24, 2.45) is 0 Å². The highest BCUT2D eigenvalue weighted by atomic mass is 16.5. The standard InChI is InChI=1S/C9H16N4O2/c1-10-7-5-14-4-6(7)8-11-9(12-15-8)13(2)3/h6-7,10H,4-5H2,1-3H3. The Labute approximate surface area is 88.6 Å². The number of ether oxygens (including phenoxy) is 1. The minimum atomic E-state index is 0.163. The van der Waals surface area contributed by atoms with Gasteiger partial charge in [0.1, 0.15) is 0 Å². The lowest BCUT2D eigenvalue weighted by atomic mass is 10.0. The van der Waals surface area contributed by atoms with E-state index >= 15 is 0 Å². The molecule has 0 radical (unpaired) electrons. The van der Waals surface area contributed by atoms with Gasteiger partial charge in [0.15, 0.2) is 0 Å². The Morgan fingerprint density at radius 2 is 2.20 bits per heavy atom. The highest BCUT2D eigenvalue weighted by Gasteiger charge is 2.33. The molecule has 2 unspecified atom stereocenters. The van der Waals surface area contributed by atoms with Crippen molar-refractivity contribution < 1.29 is 9.26 Å². The van der Waals surface area contributed by atoms with Crippen LogP contribution >= 0.6 is 0 Å². The average Bonchev–Trinajstić information content (AvgIpc) is 2.85. The Balaban J connectivity index is 2.14. The maximum atomic E-state index is 5.38. The third-order valence-corrected chi connectivity index (χ3v) is 2.60. The van der Waals surface area contributed by atoms with Crippen molar-refractivity contribution >= 4 is 5.95 Å². The third kappa shape index (κ3) is 1.95. The van der Waals surface area contributed by atoms with Crippen molar-refractivity contribution in [3.63, 3.8) is 0 Å². The minimum absolute atomic E-state index is 0.163. The van der Waals surface area contributed by atoms with Gasteiger partial charge in [-0.05, 0) is 12.2 Å². The summed E-state index contributed by atoms with van der Waals surface area (Å²) in [6.07, 6.45) is 0. The summed E-state index contributed by atoms with van der Waals surface area (Å²) in [5, 5.41) is 7.07. The molecule has 6 nitrogen and oxygen atoms in total. The van der Waals surface area contributed by atoms with Crippen LogP contribution in [-0.4, -0.2) is 50.5 Å². The number of aromatic nitrogens is 2. The number of rotatable bonds is 3. The summed E-state index contributed by atoms with van der Waals surface area (Å²) in [6.45, 7) is 1.33. The van der Waals surface area contributed by atoms with Crippen molar-refractivity contribution in [3.05, 3.63) is 5.89 Å². The maximum absolute atomic E-state index is 5.38. The smallest absolute Gasteiger partial charge is 0.265 e. The molecule has 0 amide bonds. The van der Waals surface area contributed by atoms with E-state index < -0.39 is 0 Å². The second-order valence-corrected chi connectivity index (χ2v) is 3.87. The van der Waals surface area contributed by atoms with Crippen LogP contribution < -0.4 is 10.2 Å². The molecule has 0 bridgehead atoms. The third-order valence-electron chi connectivity index (χ3n) is 2.60. The minimum Gasteiger partial charge on any atom is -0.379 e. The molecule has 1 saturated heterocycles. The molecule has 2 heterocycles. The number of hydrogen-bond acceptors (Lipinski definition) is 6. The molecule has 1 aromatic heterocycles. The summed E-state index contributed by atoms with van der Waals surface area (Å²) in [5.41, 5.74) is 0. The molecule has 1 aliphatic rings. The lowest BCUT2D eigenvalue weighted by molar-refractivity contribution is 0.185. The largest absolute Gasteiger partial charge is 0.379 e. The summed E-state index contributed by atoms with van der Waals surface area (Å²) >= 11 is 0. The first-order chi connectivity index (χ1) is 7.22. The van der Waals surface area contributed by atoms with E-state index in [2.05, 4.69) is 15.5 Å². The average molecular weight is 212 g/mol. The van der Waals surface area contributed by atoms with Crippen molar-refractivity contribution in [2.75, 3.05) is 39.3 Å². The molecule has 15 heavy (non-hydrogen) atoms. The predicted octanol–water partition coefficient (Wildman–Crippen LogP) is -0.163.